The molecule has 0 saturated heterocycles. The van der Waals surface area contributed by atoms with Crippen LogP contribution in [0.2, 0.25) is 0 Å². The zero-order valence-corrected chi connectivity index (χ0v) is 11.7. The predicted molar refractivity (Wildman–Crippen MR) is 76.6 cm³/mol. The molecule has 2 heterocycles. The summed E-state index contributed by atoms with van der Waals surface area (Å²) in [5.74, 6) is -0.183. The summed E-state index contributed by atoms with van der Waals surface area (Å²) in [5, 5.41) is 10.4. The average Bonchev–Trinajstić information content (AvgIpc) is 2.90. The van der Waals surface area contributed by atoms with Crippen LogP contribution in [0.25, 0.3) is 10.9 Å². The van der Waals surface area contributed by atoms with Crippen LogP contribution in [-0.4, -0.2) is 40.8 Å². The van der Waals surface area contributed by atoms with Crippen molar-refractivity contribution in [3.8, 4) is 0 Å². The molecule has 2 N–H and O–H groups in total. The molecule has 0 saturated carbocycles. The number of carbonyl (C=O) groups excluding carboxylic acids is 1. The Hall–Kier alpha value is -1.95. The Morgan fingerprint density at radius 1 is 1.40 bits per heavy atom. The number of carbonyl (C=O) groups is 1. The van der Waals surface area contributed by atoms with Gasteiger partial charge in [0.25, 0.3) is 5.91 Å². The third-order valence-corrected chi connectivity index (χ3v) is 2.97. The van der Waals surface area contributed by atoms with Crippen molar-refractivity contribution in [1.82, 2.24) is 20.5 Å². The largest absolute Gasteiger partial charge is 0.381 e. The van der Waals surface area contributed by atoms with Crippen LogP contribution < -0.4 is 5.32 Å². The van der Waals surface area contributed by atoms with E-state index in [9.17, 15) is 4.79 Å². The van der Waals surface area contributed by atoms with Crippen LogP contribution in [-0.2, 0) is 4.74 Å². The first-order valence-electron chi connectivity index (χ1n) is 6.97. The highest BCUT2D eigenvalue weighted by Gasteiger charge is 2.13. The third-order valence-electron chi connectivity index (χ3n) is 2.97. The number of H-pyrrole nitrogens is 1. The molecule has 20 heavy (non-hydrogen) atoms. The summed E-state index contributed by atoms with van der Waals surface area (Å²) in [5.41, 5.74) is 1.20. The molecule has 6 nitrogen and oxygen atoms in total. The van der Waals surface area contributed by atoms with E-state index >= 15 is 0 Å². The third kappa shape index (κ3) is 3.77. The summed E-state index contributed by atoms with van der Waals surface area (Å²) < 4.78 is 5.43. The number of nitrogens with zero attached hydrogens (tertiary/aromatic N) is 2. The monoisotopic (exact) mass is 276 g/mol. The van der Waals surface area contributed by atoms with E-state index in [0.717, 1.165) is 36.8 Å². The van der Waals surface area contributed by atoms with Gasteiger partial charge in [-0.2, -0.15) is 5.10 Å². The van der Waals surface area contributed by atoms with E-state index in [2.05, 4.69) is 27.4 Å². The minimum Gasteiger partial charge on any atom is -0.381 e. The van der Waals surface area contributed by atoms with Crippen LogP contribution in [0, 0.1) is 0 Å². The van der Waals surface area contributed by atoms with Crippen molar-refractivity contribution in [2.24, 2.45) is 0 Å². The molecule has 0 aliphatic carbocycles. The number of amides is 1. The van der Waals surface area contributed by atoms with Crippen molar-refractivity contribution in [2.75, 3.05) is 19.8 Å². The molecule has 108 valence electrons. The molecule has 0 aliphatic heterocycles. The number of hydrogen-bond donors (Lipinski definition) is 2. The lowest BCUT2D eigenvalue weighted by atomic mass is 10.2. The maximum atomic E-state index is 12.0. The zero-order valence-electron chi connectivity index (χ0n) is 11.7. The highest BCUT2D eigenvalue weighted by molar-refractivity contribution is 6.04. The molecule has 2 rings (SSSR count). The second-order valence-electron chi connectivity index (χ2n) is 4.57. The first kappa shape index (κ1) is 14.5. The Balaban J connectivity index is 1.75. The van der Waals surface area contributed by atoms with E-state index in [1.54, 1.807) is 18.5 Å². The second-order valence-corrected chi connectivity index (χ2v) is 4.57. The lowest BCUT2D eigenvalue weighted by molar-refractivity contribution is 0.0937. The van der Waals surface area contributed by atoms with E-state index in [1.165, 1.54) is 0 Å². The van der Waals surface area contributed by atoms with E-state index in [4.69, 9.17) is 4.74 Å². The number of aromatic amines is 1. The number of pyridine rings is 1. The molecule has 0 atom stereocenters. The van der Waals surface area contributed by atoms with Crippen LogP contribution in [0.3, 0.4) is 0 Å². The molecule has 0 fully saturated rings. The van der Waals surface area contributed by atoms with E-state index in [-0.39, 0.29) is 5.91 Å². The van der Waals surface area contributed by atoms with Gasteiger partial charge >= 0.3 is 0 Å². The van der Waals surface area contributed by atoms with Gasteiger partial charge in [0, 0.05) is 32.2 Å². The zero-order chi connectivity index (χ0) is 14.2. The maximum absolute atomic E-state index is 12.0. The van der Waals surface area contributed by atoms with Gasteiger partial charge in [0.2, 0.25) is 0 Å². The molecule has 2 aromatic rings. The van der Waals surface area contributed by atoms with Crippen molar-refractivity contribution in [1.29, 1.82) is 0 Å². The van der Waals surface area contributed by atoms with Crippen LogP contribution in [0.1, 0.15) is 36.7 Å². The summed E-state index contributed by atoms with van der Waals surface area (Å²) in [4.78, 5) is 16.0. The standard InChI is InChI=1S/C14H20N4O2/c1-2-3-8-20-9-4-6-16-14(19)13-11-10-15-7-5-12(11)17-18-13/h5,7,10H,2-4,6,8-9H2,1H3,(H,16,19)(H,17,18). The highest BCUT2D eigenvalue weighted by Crippen LogP contribution is 2.13. The van der Waals surface area contributed by atoms with Gasteiger partial charge in [-0.3, -0.25) is 14.9 Å². The smallest absolute Gasteiger partial charge is 0.272 e. The number of rotatable bonds is 8. The molecule has 6 heteroatoms. The van der Waals surface area contributed by atoms with Gasteiger partial charge < -0.3 is 10.1 Å². The van der Waals surface area contributed by atoms with Gasteiger partial charge in [-0.25, -0.2) is 0 Å². The molecule has 0 spiro atoms. The second kappa shape index (κ2) is 7.59. The lowest BCUT2D eigenvalue weighted by Crippen LogP contribution is -2.25. The van der Waals surface area contributed by atoms with Gasteiger partial charge in [0.1, 0.15) is 0 Å². The van der Waals surface area contributed by atoms with E-state index in [1.807, 2.05) is 0 Å². The van der Waals surface area contributed by atoms with E-state index < -0.39 is 0 Å². The Morgan fingerprint density at radius 2 is 2.25 bits per heavy atom. The van der Waals surface area contributed by atoms with Crippen LogP contribution >= 0.6 is 0 Å². The van der Waals surface area contributed by atoms with Crippen molar-refractivity contribution >= 4 is 16.8 Å². The molecule has 2 aromatic heterocycles. The van der Waals surface area contributed by atoms with Gasteiger partial charge in [-0.1, -0.05) is 13.3 Å². The summed E-state index contributed by atoms with van der Waals surface area (Å²) in [6, 6.07) is 1.79. The Bertz CT molecular complexity index is 553. The number of hydrogen-bond acceptors (Lipinski definition) is 4. The number of nitrogens with one attached hydrogen (secondary N) is 2. The topological polar surface area (TPSA) is 79.9 Å². The molecule has 0 unspecified atom stereocenters. The van der Waals surface area contributed by atoms with E-state index in [0.29, 0.717) is 18.8 Å². The van der Waals surface area contributed by atoms with Crippen molar-refractivity contribution in [2.45, 2.75) is 26.2 Å². The summed E-state index contributed by atoms with van der Waals surface area (Å²) in [6.45, 7) is 4.18. The molecule has 0 aromatic carbocycles. The first-order chi connectivity index (χ1) is 9.83. The SMILES string of the molecule is CCCCOCCCNC(=O)c1n[nH]c2ccncc12. The Labute approximate surface area is 117 Å². The van der Waals surface area contributed by atoms with Crippen LogP contribution in [0.4, 0.5) is 0 Å². The first-order valence-corrected chi connectivity index (χ1v) is 6.97. The number of ether oxygens (including phenoxy) is 1. The summed E-state index contributed by atoms with van der Waals surface area (Å²) in [6.07, 6.45) is 6.32. The maximum Gasteiger partial charge on any atom is 0.272 e. The summed E-state index contributed by atoms with van der Waals surface area (Å²) in [7, 11) is 0. The van der Waals surface area contributed by atoms with Crippen molar-refractivity contribution in [3.05, 3.63) is 24.2 Å². The minimum atomic E-state index is -0.183. The number of fused-ring (bicyclic) bond motifs is 1. The summed E-state index contributed by atoms with van der Waals surface area (Å²) >= 11 is 0. The minimum absolute atomic E-state index is 0.183. The fourth-order valence-electron chi connectivity index (χ4n) is 1.84. The van der Waals surface area contributed by atoms with Gasteiger partial charge in [0.15, 0.2) is 5.69 Å². The molecular weight excluding hydrogens is 256 g/mol. The normalized spacial score (nSPS) is 10.8. The van der Waals surface area contributed by atoms with Crippen molar-refractivity contribution in [3.63, 3.8) is 0 Å². The predicted octanol–water partition coefficient (Wildman–Crippen LogP) is 1.89. The van der Waals surface area contributed by atoms with Gasteiger partial charge in [0.05, 0.1) is 10.9 Å². The molecule has 1 amide bonds. The van der Waals surface area contributed by atoms with Crippen LogP contribution in [0.15, 0.2) is 18.5 Å². The number of unbranched alkanes of at least 4 members (excludes halogenated alkanes) is 1. The highest BCUT2D eigenvalue weighted by atomic mass is 16.5. The number of aromatic nitrogens is 3. The Kier molecular flexibility index (Phi) is 5.49. The average molecular weight is 276 g/mol. The molecule has 0 bridgehead atoms. The van der Waals surface area contributed by atoms with Crippen molar-refractivity contribution < 1.29 is 9.53 Å². The van der Waals surface area contributed by atoms with Crippen LogP contribution in [0.5, 0.6) is 0 Å². The quantitative estimate of drug-likeness (QED) is 0.722. The van der Waals surface area contributed by atoms with Gasteiger partial charge in [-0.15, -0.1) is 0 Å². The lowest BCUT2D eigenvalue weighted by Gasteiger charge is -2.04. The molecule has 0 aliphatic rings. The fraction of sp³-hybridized carbons (Fsp3) is 0.500. The van der Waals surface area contributed by atoms with Gasteiger partial charge in [-0.05, 0) is 18.9 Å². The molecule has 0 radical (unpaired) electrons. The molecular formula is C14H20N4O2. The Morgan fingerprint density at radius 3 is 3.10 bits per heavy atom. The fourth-order valence-corrected chi connectivity index (χ4v) is 1.84.